The highest BCUT2D eigenvalue weighted by molar-refractivity contribution is 5.95. The Morgan fingerprint density at radius 1 is 1.24 bits per heavy atom. The van der Waals surface area contributed by atoms with Crippen LogP contribution in [0, 0.1) is 19.8 Å². The third-order valence-corrected chi connectivity index (χ3v) is 3.34. The summed E-state index contributed by atoms with van der Waals surface area (Å²) in [5, 5.41) is 3.05. The zero-order chi connectivity index (χ0) is 15.4. The number of carbonyl (C=O) groups is 1. The van der Waals surface area contributed by atoms with Gasteiger partial charge < -0.3 is 5.32 Å². The van der Waals surface area contributed by atoms with Crippen LogP contribution in [0.25, 0.3) is 0 Å². The van der Waals surface area contributed by atoms with E-state index < -0.39 is 0 Å². The first-order valence-corrected chi connectivity index (χ1v) is 7.00. The van der Waals surface area contributed by atoms with Gasteiger partial charge in [0.15, 0.2) is 0 Å². The standard InChI is InChI=1S/C16H20N4O/c1-10(2)15(13-6-5-7-17-8-13)20-16(21)14-9-18-12(4)19-11(14)3/h5-10,15H,1-4H3,(H,20,21)/t15-/m0/s1. The zero-order valence-corrected chi connectivity index (χ0v) is 12.8. The molecular formula is C16H20N4O. The summed E-state index contributed by atoms with van der Waals surface area (Å²) in [5.74, 6) is 0.761. The molecule has 2 aromatic heterocycles. The Labute approximate surface area is 124 Å². The van der Waals surface area contributed by atoms with Gasteiger partial charge in [-0.3, -0.25) is 9.78 Å². The minimum Gasteiger partial charge on any atom is -0.345 e. The maximum absolute atomic E-state index is 12.5. The van der Waals surface area contributed by atoms with E-state index in [0.717, 1.165) is 5.56 Å². The molecule has 0 radical (unpaired) electrons. The van der Waals surface area contributed by atoms with E-state index in [-0.39, 0.29) is 17.9 Å². The van der Waals surface area contributed by atoms with Gasteiger partial charge >= 0.3 is 0 Å². The molecule has 2 rings (SSSR count). The minimum absolute atomic E-state index is 0.0908. The van der Waals surface area contributed by atoms with E-state index in [1.807, 2.05) is 19.1 Å². The van der Waals surface area contributed by atoms with Crippen molar-refractivity contribution in [3.05, 3.63) is 53.4 Å². The van der Waals surface area contributed by atoms with Crippen LogP contribution in [0.15, 0.2) is 30.7 Å². The van der Waals surface area contributed by atoms with Crippen molar-refractivity contribution in [3.8, 4) is 0 Å². The van der Waals surface area contributed by atoms with Gasteiger partial charge in [0.25, 0.3) is 5.91 Å². The van der Waals surface area contributed by atoms with Crippen LogP contribution in [0.1, 0.15) is 47.3 Å². The van der Waals surface area contributed by atoms with Crippen LogP contribution >= 0.6 is 0 Å². The van der Waals surface area contributed by atoms with E-state index in [0.29, 0.717) is 17.1 Å². The predicted molar refractivity (Wildman–Crippen MR) is 80.8 cm³/mol. The lowest BCUT2D eigenvalue weighted by molar-refractivity contribution is 0.0924. The number of hydrogen-bond donors (Lipinski definition) is 1. The van der Waals surface area contributed by atoms with Gasteiger partial charge in [-0.05, 0) is 31.4 Å². The average molecular weight is 284 g/mol. The van der Waals surface area contributed by atoms with Crippen molar-refractivity contribution >= 4 is 5.91 Å². The Bertz CT molecular complexity index is 625. The van der Waals surface area contributed by atoms with Gasteiger partial charge in [-0.1, -0.05) is 19.9 Å². The smallest absolute Gasteiger partial charge is 0.255 e. The van der Waals surface area contributed by atoms with E-state index in [4.69, 9.17) is 0 Å². The van der Waals surface area contributed by atoms with Crippen LogP contribution in [0.2, 0.25) is 0 Å². The van der Waals surface area contributed by atoms with Gasteiger partial charge in [0, 0.05) is 18.6 Å². The van der Waals surface area contributed by atoms with Crippen molar-refractivity contribution in [1.29, 1.82) is 0 Å². The van der Waals surface area contributed by atoms with Gasteiger partial charge in [-0.25, -0.2) is 9.97 Å². The maximum atomic E-state index is 12.5. The summed E-state index contributed by atoms with van der Waals surface area (Å²) in [7, 11) is 0. The van der Waals surface area contributed by atoms with Crippen molar-refractivity contribution in [2.75, 3.05) is 0 Å². The van der Waals surface area contributed by atoms with E-state index in [9.17, 15) is 4.79 Å². The quantitative estimate of drug-likeness (QED) is 0.937. The number of nitrogens with zero attached hydrogens (tertiary/aromatic N) is 3. The van der Waals surface area contributed by atoms with Crippen LogP contribution in [-0.4, -0.2) is 20.9 Å². The Morgan fingerprint density at radius 3 is 2.57 bits per heavy atom. The fourth-order valence-electron chi connectivity index (χ4n) is 2.22. The van der Waals surface area contributed by atoms with Crippen molar-refractivity contribution in [1.82, 2.24) is 20.3 Å². The van der Waals surface area contributed by atoms with Crippen LogP contribution in [0.3, 0.4) is 0 Å². The van der Waals surface area contributed by atoms with Gasteiger partial charge in [-0.15, -0.1) is 0 Å². The summed E-state index contributed by atoms with van der Waals surface area (Å²) >= 11 is 0. The van der Waals surface area contributed by atoms with Crippen molar-refractivity contribution in [3.63, 3.8) is 0 Å². The monoisotopic (exact) mass is 284 g/mol. The molecule has 0 saturated carbocycles. The first-order valence-electron chi connectivity index (χ1n) is 7.00. The molecule has 0 fully saturated rings. The molecule has 1 amide bonds. The molecule has 0 unspecified atom stereocenters. The Kier molecular flexibility index (Phi) is 4.62. The summed E-state index contributed by atoms with van der Waals surface area (Å²) in [6.45, 7) is 7.76. The molecule has 0 saturated heterocycles. The zero-order valence-electron chi connectivity index (χ0n) is 12.8. The van der Waals surface area contributed by atoms with Crippen molar-refractivity contribution in [2.45, 2.75) is 33.7 Å². The van der Waals surface area contributed by atoms with Crippen LogP contribution in [0.5, 0.6) is 0 Å². The van der Waals surface area contributed by atoms with E-state index >= 15 is 0 Å². The summed E-state index contributed by atoms with van der Waals surface area (Å²) in [6.07, 6.45) is 5.08. The molecule has 5 nitrogen and oxygen atoms in total. The molecule has 2 heterocycles. The van der Waals surface area contributed by atoms with E-state index in [2.05, 4.69) is 34.1 Å². The summed E-state index contributed by atoms with van der Waals surface area (Å²) in [4.78, 5) is 24.9. The highest BCUT2D eigenvalue weighted by atomic mass is 16.1. The molecule has 1 atom stereocenters. The summed E-state index contributed by atoms with van der Waals surface area (Å²) in [5.41, 5.74) is 2.19. The molecule has 2 aromatic rings. The van der Waals surface area contributed by atoms with Crippen LogP contribution < -0.4 is 5.32 Å². The molecule has 110 valence electrons. The lowest BCUT2D eigenvalue weighted by Crippen LogP contribution is -2.32. The Hall–Kier alpha value is -2.30. The maximum Gasteiger partial charge on any atom is 0.255 e. The SMILES string of the molecule is Cc1ncc(C(=O)N[C@H](c2cccnc2)C(C)C)c(C)n1. The molecule has 0 aliphatic rings. The predicted octanol–water partition coefficient (Wildman–Crippen LogP) is 2.62. The lowest BCUT2D eigenvalue weighted by Gasteiger charge is -2.22. The molecule has 0 bridgehead atoms. The fraction of sp³-hybridized carbons (Fsp3) is 0.375. The third kappa shape index (κ3) is 3.62. The number of hydrogen-bond acceptors (Lipinski definition) is 4. The molecule has 0 aliphatic heterocycles. The number of nitrogens with one attached hydrogen (secondary N) is 1. The van der Waals surface area contributed by atoms with Gasteiger partial charge in [0.1, 0.15) is 5.82 Å². The second-order valence-corrected chi connectivity index (χ2v) is 5.40. The molecular weight excluding hydrogens is 264 g/mol. The Morgan fingerprint density at radius 2 is 2.00 bits per heavy atom. The molecule has 0 aliphatic carbocycles. The first kappa shape index (κ1) is 15.1. The number of amides is 1. The number of carbonyl (C=O) groups excluding carboxylic acids is 1. The average Bonchev–Trinajstić information content (AvgIpc) is 2.45. The van der Waals surface area contributed by atoms with E-state index in [1.54, 1.807) is 25.5 Å². The minimum atomic E-state index is -0.157. The van der Waals surface area contributed by atoms with E-state index in [1.165, 1.54) is 0 Å². The normalized spacial score (nSPS) is 12.2. The number of aromatic nitrogens is 3. The Balaban J connectivity index is 2.23. The largest absolute Gasteiger partial charge is 0.345 e. The van der Waals surface area contributed by atoms with Gasteiger partial charge in [0.2, 0.25) is 0 Å². The second-order valence-electron chi connectivity index (χ2n) is 5.40. The van der Waals surface area contributed by atoms with Crippen LogP contribution in [-0.2, 0) is 0 Å². The number of rotatable bonds is 4. The van der Waals surface area contributed by atoms with Gasteiger partial charge in [0.05, 0.1) is 17.3 Å². The molecule has 0 aromatic carbocycles. The number of pyridine rings is 1. The van der Waals surface area contributed by atoms with Crippen LogP contribution in [0.4, 0.5) is 0 Å². The number of aryl methyl sites for hydroxylation is 2. The molecule has 21 heavy (non-hydrogen) atoms. The molecule has 0 spiro atoms. The first-order chi connectivity index (χ1) is 9.99. The topological polar surface area (TPSA) is 67.8 Å². The summed E-state index contributed by atoms with van der Waals surface area (Å²) in [6, 6.07) is 3.75. The highest BCUT2D eigenvalue weighted by Gasteiger charge is 2.20. The van der Waals surface area contributed by atoms with Gasteiger partial charge in [-0.2, -0.15) is 0 Å². The lowest BCUT2D eigenvalue weighted by atomic mass is 9.97. The second kappa shape index (κ2) is 6.43. The fourth-order valence-corrected chi connectivity index (χ4v) is 2.22. The summed E-state index contributed by atoms with van der Waals surface area (Å²) < 4.78 is 0. The highest BCUT2D eigenvalue weighted by Crippen LogP contribution is 2.21. The third-order valence-electron chi connectivity index (χ3n) is 3.34. The van der Waals surface area contributed by atoms with Crippen molar-refractivity contribution < 1.29 is 4.79 Å². The van der Waals surface area contributed by atoms with Crippen molar-refractivity contribution in [2.24, 2.45) is 5.92 Å². The molecule has 1 N–H and O–H groups in total. The molecule has 5 heteroatoms.